The molecule has 3 aromatic carbocycles. The van der Waals surface area contributed by atoms with Crippen LogP contribution in [0, 0.1) is 6.92 Å². The number of nitrogens with zero attached hydrogens (tertiary/aromatic N) is 2. The summed E-state index contributed by atoms with van der Waals surface area (Å²) in [7, 11) is -2.34. The Kier molecular flexibility index (Phi) is 8.75. The maximum atomic E-state index is 14.0. The van der Waals surface area contributed by atoms with Gasteiger partial charge in [-0.2, -0.15) is 0 Å². The van der Waals surface area contributed by atoms with Crippen LogP contribution in [0.25, 0.3) is 0 Å². The Morgan fingerprint density at radius 3 is 2.36 bits per heavy atom. The molecule has 9 nitrogen and oxygen atoms in total. The third-order valence-corrected chi connectivity index (χ3v) is 8.32. The Morgan fingerprint density at radius 1 is 0.949 bits per heavy atom. The summed E-state index contributed by atoms with van der Waals surface area (Å²) in [4.78, 5) is 28.7. The summed E-state index contributed by atoms with van der Waals surface area (Å²) in [5.41, 5.74) is 3.00. The van der Waals surface area contributed by atoms with E-state index in [-0.39, 0.29) is 37.1 Å². The summed E-state index contributed by atoms with van der Waals surface area (Å²) in [5, 5.41) is 2.68. The fourth-order valence-corrected chi connectivity index (χ4v) is 5.54. The minimum atomic E-state index is -3.86. The van der Waals surface area contributed by atoms with Crippen molar-refractivity contribution in [1.29, 1.82) is 0 Å². The highest BCUT2D eigenvalue weighted by Crippen LogP contribution is 2.36. The first-order chi connectivity index (χ1) is 18.7. The lowest BCUT2D eigenvalue weighted by atomic mass is 10.0. The zero-order valence-corrected chi connectivity index (χ0v) is 23.1. The Bertz CT molecular complexity index is 1430. The summed E-state index contributed by atoms with van der Waals surface area (Å²) < 4.78 is 38.3. The number of hydrogen-bond donors (Lipinski definition) is 1. The molecule has 1 heterocycles. The first kappa shape index (κ1) is 28.0. The second-order valence-corrected chi connectivity index (χ2v) is 11.5. The zero-order chi connectivity index (χ0) is 28.0. The van der Waals surface area contributed by atoms with Crippen molar-refractivity contribution < 1.29 is 27.5 Å². The minimum absolute atomic E-state index is 0.0375. The third kappa shape index (κ3) is 6.69. The number of anilines is 1. The van der Waals surface area contributed by atoms with Crippen LogP contribution in [0.4, 0.5) is 5.69 Å². The normalized spacial score (nSPS) is 13.0. The van der Waals surface area contributed by atoms with Gasteiger partial charge in [-0.25, -0.2) is 8.42 Å². The molecule has 0 spiro atoms. The molecule has 0 aromatic heterocycles. The SMILES string of the molecule is CCS(=O)(=O)N(CC(=O)N(Cc1cccc(C)c1)[C@H](Cc1ccccc1)C(=O)NC)c1ccc2c(c1)OCO2. The molecule has 1 atom stereocenters. The molecule has 0 aliphatic carbocycles. The zero-order valence-electron chi connectivity index (χ0n) is 22.3. The number of fused-ring (bicyclic) bond motifs is 1. The van der Waals surface area contributed by atoms with Gasteiger partial charge in [0.05, 0.1) is 11.4 Å². The van der Waals surface area contributed by atoms with E-state index in [4.69, 9.17) is 9.47 Å². The predicted molar refractivity (Wildman–Crippen MR) is 149 cm³/mol. The van der Waals surface area contributed by atoms with E-state index in [1.807, 2.05) is 61.5 Å². The summed E-state index contributed by atoms with van der Waals surface area (Å²) in [6.07, 6.45) is 0.266. The van der Waals surface area contributed by atoms with Crippen LogP contribution in [-0.4, -0.2) is 57.3 Å². The second-order valence-electron chi connectivity index (χ2n) is 9.28. The van der Waals surface area contributed by atoms with Crippen LogP contribution >= 0.6 is 0 Å². The van der Waals surface area contributed by atoms with Crippen LogP contribution in [0.15, 0.2) is 72.8 Å². The number of rotatable bonds is 11. The summed E-state index contributed by atoms with van der Waals surface area (Å²) in [5.74, 6) is -0.151. The number of aryl methyl sites for hydroxylation is 1. The molecule has 206 valence electrons. The number of benzene rings is 3. The molecular formula is C29H33N3O6S. The van der Waals surface area contributed by atoms with Gasteiger partial charge < -0.3 is 19.7 Å². The molecule has 2 amide bonds. The number of ether oxygens (including phenoxy) is 2. The van der Waals surface area contributed by atoms with Gasteiger partial charge in [-0.15, -0.1) is 0 Å². The fourth-order valence-electron chi connectivity index (χ4n) is 4.49. The summed E-state index contributed by atoms with van der Waals surface area (Å²) in [6, 6.07) is 21.0. The van der Waals surface area contributed by atoms with Crippen LogP contribution in [0.1, 0.15) is 23.6 Å². The van der Waals surface area contributed by atoms with Crippen LogP contribution in [0.3, 0.4) is 0 Å². The topological polar surface area (TPSA) is 105 Å². The van der Waals surface area contributed by atoms with Crippen LogP contribution in [0.5, 0.6) is 11.5 Å². The van der Waals surface area contributed by atoms with Crippen LogP contribution < -0.4 is 19.1 Å². The predicted octanol–water partition coefficient (Wildman–Crippen LogP) is 3.27. The summed E-state index contributed by atoms with van der Waals surface area (Å²) in [6.45, 7) is 3.16. The van der Waals surface area contributed by atoms with Gasteiger partial charge in [-0.3, -0.25) is 13.9 Å². The Balaban J connectivity index is 1.73. The number of sulfonamides is 1. The number of likely N-dealkylation sites (N-methyl/N-ethyl adjacent to an activating group) is 1. The lowest BCUT2D eigenvalue weighted by Gasteiger charge is -2.33. The van der Waals surface area contributed by atoms with Crippen molar-refractivity contribution in [1.82, 2.24) is 10.2 Å². The molecule has 1 N–H and O–H groups in total. The molecule has 1 aliphatic rings. The van der Waals surface area contributed by atoms with E-state index >= 15 is 0 Å². The molecule has 4 rings (SSSR count). The summed E-state index contributed by atoms with van der Waals surface area (Å²) >= 11 is 0. The molecule has 10 heteroatoms. The maximum absolute atomic E-state index is 14.0. The van der Waals surface area contributed by atoms with E-state index in [2.05, 4.69) is 5.32 Å². The van der Waals surface area contributed by atoms with E-state index in [9.17, 15) is 18.0 Å². The molecular weight excluding hydrogens is 518 g/mol. The molecule has 0 unspecified atom stereocenters. The van der Waals surface area contributed by atoms with E-state index in [1.165, 1.54) is 18.9 Å². The Labute approximate surface area is 229 Å². The Hall–Kier alpha value is -4.05. The fraction of sp³-hybridized carbons (Fsp3) is 0.310. The molecule has 0 bridgehead atoms. The van der Waals surface area contributed by atoms with Gasteiger partial charge in [-0.1, -0.05) is 60.2 Å². The number of carbonyl (C=O) groups excluding carboxylic acids is 2. The van der Waals surface area contributed by atoms with Gasteiger partial charge in [0, 0.05) is 26.1 Å². The highest BCUT2D eigenvalue weighted by atomic mass is 32.2. The van der Waals surface area contributed by atoms with E-state index < -0.39 is 28.5 Å². The molecule has 39 heavy (non-hydrogen) atoms. The van der Waals surface area contributed by atoms with Gasteiger partial charge in [0.2, 0.25) is 28.6 Å². The molecule has 0 radical (unpaired) electrons. The average molecular weight is 552 g/mol. The highest BCUT2D eigenvalue weighted by molar-refractivity contribution is 7.92. The van der Waals surface area contributed by atoms with Crippen molar-refractivity contribution in [3.8, 4) is 11.5 Å². The smallest absolute Gasteiger partial charge is 0.244 e. The van der Waals surface area contributed by atoms with Crippen LogP contribution in [0.2, 0.25) is 0 Å². The van der Waals surface area contributed by atoms with Crippen molar-refractivity contribution in [3.63, 3.8) is 0 Å². The largest absolute Gasteiger partial charge is 0.454 e. The number of nitrogens with one attached hydrogen (secondary N) is 1. The lowest BCUT2D eigenvalue weighted by molar-refractivity contribution is -0.139. The van der Waals surface area contributed by atoms with Gasteiger partial charge >= 0.3 is 0 Å². The van der Waals surface area contributed by atoms with E-state index in [1.54, 1.807) is 18.2 Å². The first-order valence-electron chi connectivity index (χ1n) is 12.7. The average Bonchev–Trinajstić information content (AvgIpc) is 3.41. The number of amides is 2. The second kappa shape index (κ2) is 12.2. The van der Waals surface area contributed by atoms with Gasteiger partial charge in [0.25, 0.3) is 0 Å². The molecule has 0 saturated carbocycles. The highest BCUT2D eigenvalue weighted by Gasteiger charge is 2.33. The van der Waals surface area contributed by atoms with Gasteiger partial charge in [-0.05, 0) is 37.1 Å². The standard InChI is InChI=1S/C29H33N3O6S/c1-4-39(35,36)32(24-13-14-26-27(17-24)38-20-37-26)19-28(33)31(18-23-12-8-9-21(2)15-23)25(29(34)30-3)16-22-10-6-5-7-11-22/h5-15,17,25H,4,16,18-20H2,1-3H3,(H,30,34)/t25-/m1/s1. The Morgan fingerprint density at radius 2 is 1.67 bits per heavy atom. The van der Waals surface area contributed by atoms with Crippen molar-refractivity contribution >= 4 is 27.5 Å². The van der Waals surface area contributed by atoms with Crippen molar-refractivity contribution in [2.24, 2.45) is 0 Å². The molecule has 1 aliphatic heterocycles. The third-order valence-electron chi connectivity index (χ3n) is 6.58. The maximum Gasteiger partial charge on any atom is 0.244 e. The van der Waals surface area contributed by atoms with Crippen molar-refractivity contribution in [3.05, 3.63) is 89.5 Å². The van der Waals surface area contributed by atoms with Gasteiger partial charge in [0.15, 0.2) is 11.5 Å². The van der Waals surface area contributed by atoms with E-state index in [0.29, 0.717) is 11.5 Å². The molecule has 0 saturated heterocycles. The molecule has 3 aromatic rings. The van der Waals surface area contributed by atoms with Crippen molar-refractivity contribution in [2.45, 2.75) is 32.9 Å². The van der Waals surface area contributed by atoms with Gasteiger partial charge in [0.1, 0.15) is 12.6 Å². The quantitative estimate of drug-likeness (QED) is 0.392. The number of hydrogen-bond acceptors (Lipinski definition) is 6. The minimum Gasteiger partial charge on any atom is -0.454 e. The van der Waals surface area contributed by atoms with E-state index in [0.717, 1.165) is 21.0 Å². The van der Waals surface area contributed by atoms with Crippen LogP contribution in [-0.2, 0) is 32.6 Å². The molecule has 0 fully saturated rings. The lowest BCUT2D eigenvalue weighted by Crippen LogP contribution is -2.53. The monoisotopic (exact) mass is 551 g/mol. The number of carbonyl (C=O) groups is 2. The van der Waals surface area contributed by atoms with Crippen molar-refractivity contribution in [2.75, 3.05) is 30.4 Å². The first-order valence-corrected chi connectivity index (χ1v) is 14.3.